The van der Waals surface area contributed by atoms with Gasteiger partial charge in [-0.1, -0.05) is 11.6 Å². The van der Waals surface area contributed by atoms with E-state index in [2.05, 4.69) is 15.6 Å². The summed E-state index contributed by atoms with van der Waals surface area (Å²) in [5.41, 5.74) is 0. The van der Waals surface area contributed by atoms with Gasteiger partial charge in [0.25, 0.3) is 0 Å². The highest BCUT2D eigenvalue weighted by Crippen LogP contribution is 2.19. The molecular formula is C19H30ClN3O2S. The number of guanidine groups is 1. The summed E-state index contributed by atoms with van der Waals surface area (Å²) >= 11 is 7.69. The van der Waals surface area contributed by atoms with Crippen molar-refractivity contribution >= 4 is 29.3 Å². The summed E-state index contributed by atoms with van der Waals surface area (Å²) in [7, 11) is 1.79. The number of halogens is 1. The van der Waals surface area contributed by atoms with Crippen LogP contribution in [-0.4, -0.2) is 58.3 Å². The molecule has 146 valence electrons. The van der Waals surface area contributed by atoms with E-state index in [0.29, 0.717) is 5.92 Å². The number of thioether (sulfide) groups is 1. The van der Waals surface area contributed by atoms with Gasteiger partial charge < -0.3 is 20.1 Å². The van der Waals surface area contributed by atoms with E-state index in [1.54, 1.807) is 18.8 Å². The topological polar surface area (TPSA) is 54.9 Å². The molecule has 7 heteroatoms. The Morgan fingerprint density at radius 2 is 1.96 bits per heavy atom. The number of rotatable bonds is 10. The second-order valence-electron chi connectivity index (χ2n) is 6.21. The Morgan fingerprint density at radius 1 is 1.23 bits per heavy atom. The van der Waals surface area contributed by atoms with E-state index in [-0.39, 0.29) is 0 Å². The summed E-state index contributed by atoms with van der Waals surface area (Å²) in [6.45, 7) is 5.12. The summed E-state index contributed by atoms with van der Waals surface area (Å²) in [6.07, 6.45) is 3.23. The first-order valence-corrected chi connectivity index (χ1v) is 10.6. The molecule has 2 N–H and O–H groups in total. The molecule has 1 fully saturated rings. The molecule has 0 radical (unpaired) electrons. The number of aliphatic imine (C=N–C) groups is 1. The van der Waals surface area contributed by atoms with Crippen molar-refractivity contribution in [2.45, 2.75) is 24.2 Å². The Bertz CT molecular complexity index is 522. The molecule has 0 bridgehead atoms. The minimum absolute atomic E-state index is 0.671. The van der Waals surface area contributed by atoms with Gasteiger partial charge in [-0.2, -0.15) is 0 Å². The van der Waals surface area contributed by atoms with Gasteiger partial charge in [0.1, 0.15) is 0 Å². The monoisotopic (exact) mass is 399 g/mol. The minimum atomic E-state index is 0.671. The third kappa shape index (κ3) is 9.12. The quantitative estimate of drug-likeness (QED) is 0.273. The molecule has 1 heterocycles. The van der Waals surface area contributed by atoms with Crippen molar-refractivity contribution in [3.05, 3.63) is 29.3 Å². The first kappa shape index (κ1) is 21.4. The third-order valence-corrected chi connectivity index (χ3v) is 5.42. The summed E-state index contributed by atoms with van der Waals surface area (Å²) < 4.78 is 11.1. The minimum Gasteiger partial charge on any atom is -0.381 e. The maximum Gasteiger partial charge on any atom is 0.191 e. The maximum atomic E-state index is 5.89. The average Bonchev–Trinajstić information content (AvgIpc) is 2.68. The average molecular weight is 400 g/mol. The Kier molecular flexibility index (Phi) is 10.9. The number of nitrogens with one attached hydrogen (secondary N) is 2. The van der Waals surface area contributed by atoms with Gasteiger partial charge >= 0.3 is 0 Å². The van der Waals surface area contributed by atoms with Crippen molar-refractivity contribution in [3.8, 4) is 0 Å². The number of nitrogens with zero attached hydrogens (tertiary/aromatic N) is 1. The lowest BCUT2D eigenvalue weighted by atomic mass is 10.0. The molecule has 1 aromatic rings. The van der Waals surface area contributed by atoms with Gasteiger partial charge in [-0.3, -0.25) is 4.99 Å². The van der Waals surface area contributed by atoms with Crippen molar-refractivity contribution in [1.82, 2.24) is 10.6 Å². The maximum absolute atomic E-state index is 5.89. The normalized spacial score (nSPS) is 15.8. The molecule has 5 nitrogen and oxygen atoms in total. The lowest BCUT2D eigenvalue weighted by molar-refractivity contribution is 0.0203. The molecule has 0 aromatic heterocycles. The number of hydrogen-bond acceptors (Lipinski definition) is 4. The highest BCUT2D eigenvalue weighted by atomic mass is 35.5. The number of ether oxygens (including phenoxy) is 2. The van der Waals surface area contributed by atoms with Crippen LogP contribution in [0.1, 0.15) is 19.3 Å². The molecule has 26 heavy (non-hydrogen) atoms. The zero-order valence-corrected chi connectivity index (χ0v) is 17.1. The van der Waals surface area contributed by atoms with Crippen LogP contribution in [0.2, 0.25) is 5.02 Å². The molecule has 2 rings (SSSR count). The first-order valence-electron chi connectivity index (χ1n) is 9.26. The van der Waals surface area contributed by atoms with Gasteiger partial charge in [0.15, 0.2) is 5.96 Å². The van der Waals surface area contributed by atoms with Crippen LogP contribution in [0.25, 0.3) is 0 Å². The summed E-state index contributed by atoms with van der Waals surface area (Å²) in [5.74, 6) is 2.48. The van der Waals surface area contributed by atoms with Crippen LogP contribution in [0, 0.1) is 5.92 Å². The van der Waals surface area contributed by atoms with Gasteiger partial charge in [0.05, 0.1) is 0 Å². The van der Waals surface area contributed by atoms with Crippen molar-refractivity contribution in [3.63, 3.8) is 0 Å². The Morgan fingerprint density at radius 3 is 2.69 bits per heavy atom. The Balaban J connectivity index is 1.46. The molecule has 1 aliphatic rings. The van der Waals surface area contributed by atoms with Crippen LogP contribution in [-0.2, 0) is 9.47 Å². The lowest BCUT2D eigenvalue weighted by Crippen LogP contribution is -2.39. The molecule has 1 aromatic carbocycles. The van der Waals surface area contributed by atoms with Crippen LogP contribution in [0.15, 0.2) is 34.2 Å². The van der Waals surface area contributed by atoms with Gasteiger partial charge in [-0.15, -0.1) is 11.8 Å². The van der Waals surface area contributed by atoms with Gasteiger partial charge in [-0.25, -0.2) is 0 Å². The predicted octanol–water partition coefficient (Wildman–Crippen LogP) is 3.43. The van der Waals surface area contributed by atoms with Crippen LogP contribution in [0.3, 0.4) is 0 Å². The molecule has 0 unspecified atom stereocenters. The zero-order chi connectivity index (χ0) is 18.5. The smallest absolute Gasteiger partial charge is 0.191 e. The highest BCUT2D eigenvalue weighted by Gasteiger charge is 2.13. The van der Waals surface area contributed by atoms with E-state index in [1.807, 2.05) is 24.3 Å². The summed E-state index contributed by atoms with van der Waals surface area (Å²) in [4.78, 5) is 5.47. The largest absolute Gasteiger partial charge is 0.381 e. The second kappa shape index (κ2) is 13.3. The van der Waals surface area contributed by atoms with Crippen molar-refractivity contribution < 1.29 is 9.47 Å². The SMILES string of the molecule is CN=C(NCCCOCC1CCOCC1)NCCSc1ccc(Cl)cc1. The molecule has 0 spiro atoms. The zero-order valence-electron chi connectivity index (χ0n) is 15.5. The van der Waals surface area contributed by atoms with E-state index < -0.39 is 0 Å². The highest BCUT2D eigenvalue weighted by molar-refractivity contribution is 7.99. The van der Waals surface area contributed by atoms with Crippen LogP contribution in [0.5, 0.6) is 0 Å². The number of hydrogen-bond donors (Lipinski definition) is 2. The molecular weight excluding hydrogens is 370 g/mol. The van der Waals surface area contributed by atoms with Gasteiger partial charge in [0.2, 0.25) is 0 Å². The van der Waals surface area contributed by atoms with Crippen LogP contribution in [0.4, 0.5) is 0 Å². The fourth-order valence-corrected chi connectivity index (χ4v) is 3.53. The van der Waals surface area contributed by atoms with Crippen LogP contribution < -0.4 is 10.6 Å². The van der Waals surface area contributed by atoms with Gasteiger partial charge in [0, 0.05) is 62.2 Å². The summed E-state index contributed by atoms with van der Waals surface area (Å²) in [6, 6.07) is 7.92. The third-order valence-electron chi connectivity index (χ3n) is 4.15. The van der Waals surface area contributed by atoms with Crippen molar-refractivity contribution in [2.75, 3.05) is 52.3 Å². The molecule has 0 saturated carbocycles. The first-order chi connectivity index (χ1) is 12.8. The van der Waals surface area contributed by atoms with Gasteiger partial charge in [-0.05, 0) is 49.4 Å². The van der Waals surface area contributed by atoms with E-state index >= 15 is 0 Å². The number of benzene rings is 1. The lowest BCUT2D eigenvalue weighted by Gasteiger charge is -2.21. The van der Waals surface area contributed by atoms with E-state index in [1.165, 1.54) is 4.90 Å². The van der Waals surface area contributed by atoms with E-state index in [0.717, 1.165) is 75.5 Å². The molecule has 1 saturated heterocycles. The fraction of sp³-hybridized carbons (Fsp3) is 0.632. The van der Waals surface area contributed by atoms with Crippen LogP contribution >= 0.6 is 23.4 Å². The van der Waals surface area contributed by atoms with Crippen molar-refractivity contribution in [2.24, 2.45) is 10.9 Å². The molecule has 1 aliphatic heterocycles. The standard InChI is InChI=1S/C19H30ClN3O2S/c1-21-19(23-10-14-26-18-5-3-17(20)4-6-18)22-9-2-11-25-15-16-7-12-24-13-8-16/h3-6,16H,2,7-15H2,1H3,(H2,21,22,23). The molecule has 0 atom stereocenters. The van der Waals surface area contributed by atoms with E-state index in [4.69, 9.17) is 21.1 Å². The summed E-state index contributed by atoms with van der Waals surface area (Å²) in [5, 5.41) is 7.43. The molecule has 0 amide bonds. The van der Waals surface area contributed by atoms with Crippen molar-refractivity contribution in [1.29, 1.82) is 0 Å². The Hall–Kier alpha value is -0.950. The predicted molar refractivity (Wildman–Crippen MR) is 111 cm³/mol. The van der Waals surface area contributed by atoms with E-state index in [9.17, 15) is 0 Å². The molecule has 0 aliphatic carbocycles. The fourth-order valence-electron chi connectivity index (χ4n) is 2.63. The second-order valence-corrected chi connectivity index (χ2v) is 7.82. The Labute approximate surface area is 166 Å².